The first-order valence-corrected chi connectivity index (χ1v) is 6.61. The largest absolute Gasteiger partial charge is 0.380 e. The molecule has 1 aromatic carbocycles. The Morgan fingerprint density at radius 3 is 2.89 bits per heavy atom. The van der Waals surface area contributed by atoms with Crippen LogP contribution in [0.1, 0.15) is 23.9 Å². The molecule has 0 bridgehead atoms. The van der Waals surface area contributed by atoms with Crippen LogP contribution in [0.3, 0.4) is 0 Å². The van der Waals surface area contributed by atoms with Gasteiger partial charge in [0.25, 0.3) is 0 Å². The lowest BCUT2D eigenvalue weighted by Crippen LogP contribution is -2.16. The molecule has 1 heterocycles. The van der Waals surface area contributed by atoms with Gasteiger partial charge >= 0.3 is 0 Å². The van der Waals surface area contributed by atoms with E-state index in [1.165, 1.54) is 11.1 Å². The van der Waals surface area contributed by atoms with Crippen molar-refractivity contribution in [2.45, 2.75) is 33.2 Å². The summed E-state index contributed by atoms with van der Waals surface area (Å²) in [5, 5.41) is 3.42. The van der Waals surface area contributed by atoms with Crippen LogP contribution in [0.15, 0.2) is 36.7 Å². The fourth-order valence-electron chi connectivity index (χ4n) is 2.11. The standard InChI is InChI=1S/C15H21N3O/c1-3-18-8-7-17-15(18)11-16-10-13-5-4-6-14(9-13)12-19-2/h4-9,16H,3,10-12H2,1-2H3. The zero-order valence-corrected chi connectivity index (χ0v) is 11.6. The number of benzene rings is 1. The molecule has 2 aromatic rings. The SMILES string of the molecule is CCn1ccnc1CNCc1cccc(COC)c1. The smallest absolute Gasteiger partial charge is 0.122 e. The summed E-state index contributed by atoms with van der Waals surface area (Å²) in [7, 11) is 1.72. The monoisotopic (exact) mass is 259 g/mol. The first kappa shape index (κ1) is 13.8. The van der Waals surface area contributed by atoms with Gasteiger partial charge in [0, 0.05) is 32.6 Å². The highest BCUT2D eigenvalue weighted by Gasteiger charge is 2.01. The summed E-state index contributed by atoms with van der Waals surface area (Å²) in [6.07, 6.45) is 3.86. The molecule has 0 aliphatic carbocycles. The van der Waals surface area contributed by atoms with Gasteiger partial charge in [-0.25, -0.2) is 4.98 Å². The first-order valence-electron chi connectivity index (χ1n) is 6.61. The highest BCUT2D eigenvalue weighted by Crippen LogP contribution is 2.06. The van der Waals surface area contributed by atoms with Crippen molar-refractivity contribution in [2.75, 3.05) is 7.11 Å². The van der Waals surface area contributed by atoms with E-state index in [2.05, 4.69) is 46.1 Å². The first-order chi connectivity index (χ1) is 9.33. The molecule has 4 heteroatoms. The summed E-state index contributed by atoms with van der Waals surface area (Å²) in [6.45, 7) is 5.37. The van der Waals surface area contributed by atoms with Gasteiger partial charge in [-0.2, -0.15) is 0 Å². The molecule has 0 fully saturated rings. The van der Waals surface area contributed by atoms with E-state index in [4.69, 9.17) is 4.74 Å². The van der Waals surface area contributed by atoms with Crippen LogP contribution in [-0.4, -0.2) is 16.7 Å². The topological polar surface area (TPSA) is 39.1 Å². The molecule has 0 aliphatic heterocycles. The maximum atomic E-state index is 5.14. The minimum atomic E-state index is 0.661. The number of rotatable bonds is 7. The van der Waals surface area contributed by atoms with Gasteiger partial charge < -0.3 is 14.6 Å². The van der Waals surface area contributed by atoms with Crippen molar-refractivity contribution in [3.8, 4) is 0 Å². The fraction of sp³-hybridized carbons (Fsp3) is 0.400. The zero-order chi connectivity index (χ0) is 13.5. The molecule has 0 amide bonds. The van der Waals surface area contributed by atoms with Crippen LogP contribution in [0.25, 0.3) is 0 Å². The summed E-state index contributed by atoms with van der Waals surface area (Å²) in [5.74, 6) is 1.08. The highest BCUT2D eigenvalue weighted by atomic mass is 16.5. The van der Waals surface area contributed by atoms with E-state index in [0.29, 0.717) is 6.61 Å². The van der Waals surface area contributed by atoms with E-state index in [0.717, 1.165) is 25.5 Å². The van der Waals surface area contributed by atoms with Crippen molar-refractivity contribution < 1.29 is 4.74 Å². The summed E-state index contributed by atoms with van der Waals surface area (Å²) >= 11 is 0. The lowest BCUT2D eigenvalue weighted by molar-refractivity contribution is 0.185. The summed E-state index contributed by atoms with van der Waals surface area (Å²) in [4.78, 5) is 4.35. The van der Waals surface area contributed by atoms with Crippen LogP contribution in [0.4, 0.5) is 0 Å². The number of ether oxygens (including phenoxy) is 1. The van der Waals surface area contributed by atoms with Crippen molar-refractivity contribution in [3.63, 3.8) is 0 Å². The second-order valence-corrected chi connectivity index (χ2v) is 4.49. The Balaban J connectivity index is 1.87. The van der Waals surface area contributed by atoms with E-state index in [9.17, 15) is 0 Å². The van der Waals surface area contributed by atoms with Gasteiger partial charge in [-0.3, -0.25) is 0 Å². The van der Waals surface area contributed by atoms with Crippen LogP contribution < -0.4 is 5.32 Å². The molecule has 0 saturated carbocycles. The third-order valence-electron chi connectivity index (χ3n) is 3.06. The molecular weight excluding hydrogens is 238 g/mol. The Morgan fingerprint density at radius 2 is 2.11 bits per heavy atom. The molecule has 0 spiro atoms. The van der Waals surface area contributed by atoms with Crippen molar-refractivity contribution in [1.29, 1.82) is 0 Å². The van der Waals surface area contributed by atoms with Gasteiger partial charge in [0.2, 0.25) is 0 Å². The average molecular weight is 259 g/mol. The number of nitrogens with one attached hydrogen (secondary N) is 1. The molecule has 1 N–H and O–H groups in total. The number of nitrogens with zero attached hydrogens (tertiary/aromatic N) is 2. The molecule has 0 saturated heterocycles. The molecule has 19 heavy (non-hydrogen) atoms. The highest BCUT2D eigenvalue weighted by molar-refractivity contribution is 5.22. The van der Waals surface area contributed by atoms with E-state index >= 15 is 0 Å². The van der Waals surface area contributed by atoms with Crippen molar-refractivity contribution in [1.82, 2.24) is 14.9 Å². The van der Waals surface area contributed by atoms with Gasteiger partial charge in [0.1, 0.15) is 5.82 Å². The van der Waals surface area contributed by atoms with Crippen LogP contribution >= 0.6 is 0 Å². The Hall–Kier alpha value is -1.65. The molecule has 1 aromatic heterocycles. The number of hydrogen-bond acceptors (Lipinski definition) is 3. The lowest BCUT2D eigenvalue weighted by Gasteiger charge is -2.08. The number of imidazole rings is 1. The Labute approximate surface area is 114 Å². The maximum Gasteiger partial charge on any atom is 0.122 e. The zero-order valence-electron chi connectivity index (χ0n) is 11.6. The third-order valence-corrected chi connectivity index (χ3v) is 3.06. The molecule has 2 rings (SSSR count). The third kappa shape index (κ3) is 3.91. The molecule has 102 valence electrons. The molecule has 0 radical (unpaired) electrons. The minimum Gasteiger partial charge on any atom is -0.380 e. The fourth-order valence-corrected chi connectivity index (χ4v) is 2.11. The molecule has 0 atom stereocenters. The van der Waals surface area contributed by atoms with Gasteiger partial charge in [0.05, 0.1) is 13.2 Å². The normalized spacial score (nSPS) is 10.8. The van der Waals surface area contributed by atoms with Crippen molar-refractivity contribution in [2.24, 2.45) is 0 Å². The quantitative estimate of drug-likeness (QED) is 0.829. The Kier molecular flexibility index (Phi) is 5.12. The van der Waals surface area contributed by atoms with Crippen molar-refractivity contribution in [3.05, 3.63) is 53.6 Å². The van der Waals surface area contributed by atoms with Crippen LogP contribution in [-0.2, 0) is 31.0 Å². The maximum absolute atomic E-state index is 5.14. The van der Waals surface area contributed by atoms with Gasteiger partial charge in [-0.1, -0.05) is 24.3 Å². The Bertz CT molecular complexity index is 508. The summed E-state index contributed by atoms with van der Waals surface area (Å²) in [6, 6.07) is 8.44. The van der Waals surface area contributed by atoms with Gasteiger partial charge in [0.15, 0.2) is 0 Å². The van der Waals surface area contributed by atoms with Crippen LogP contribution in [0.2, 0.25) is 0 Å². The molecule has 0 aliphatic rings. The second-order valence-electron chi connectivity index (χ2n) is 4.49. The molecule has 0 unspecified atom stereocenters. The summed E-state index contributed by atoms with van der Waals surface area (Å²) in [5.41, 5.74) is 2.47. The number of aromatic nitrogens is 2. The van der Waals surface area contributed by atoms with E-state index in [1.54, 1.807) is 7.11 Å². The second kappa shape index (κ2) is 7.07. The van der Waals surface area contributed by atoms with Crippen LogP contribution in [0.5, 0.6) is 0 Å². The number of hydrogen-bond donors (Lipinski definition) is 1. The van der Waals surface area contributed by atoms with E-state index in [-0.39, 0.29) is 0 Å². The van der Waals surface area contributed by atoms with E-state index < -0.39 is 0 Å². The predicted octanol–water partition coefficient (Wildman–Crippen LogP) is 2.34. The summed E-state index contributed by atoms with van der Waals surface area (Å²) < 4.78 is 7.29. The molecule has 4 nitrogen and oxygen atoms in total. The average Bonchev–Trinajstić information content (AvgIpc) is 2.87. The predicted molar refractivity (Wildman–Crippen MR) is 75.6 cm³/mol. The van der Waals surface area contributed by atoms with E-state index in [1.807, 2.05) is 12.4 Å². The molecular formula is C15H21N3O. The number of aryl methyl sites for hydroxylation is 1. The minimum absolute atomic E-state index is 0.661. The lowest BCUT2D eigenvalue weighted by atomic mass is 10.1. The Morgan fingerprint density at radius 1 is 1.26 bits per heavy atom. The van der Waals surface area contributed by atoms with Gasteiger partial charge in [-0.05, 0) is 18.1 Å². The van der Waals surface area contributed by atoms with Gasteiger partial charge in [-0.15, -0.1) is 0 Å². The number of methoxy groups -OCH3 is 1. The van der Waals surface area contributed by atoms with Crippen LogP contribution in [0, 0.1) is 0 Å². The van der Waals surface area contributed by atoms with Crippen molar-refractivity contribution >= 4 is 0 Å².